The molecule has 4 heteroatoms. The number of hydrogen-bond donors (Lipinski definition) is 1. The van der Waals surface area contributed by atoms with Crippen LogP contribution in [0.2, 0.25) is 0 Å². The molecule has 0 radical (unpaired) electrons. The van der Waals surface area contributed by atoms with Crippen LogP contribution < -0.4 is 0 Å². The molecular formula is C15H25NO3. The van der Waals surface area contributed by atoms with Gasteiger partial charge in [-0.15, -0.1) is 0 Å². The Morgan fingerprint density at radius 2 is 2.05 bits per heavy atom. The Morgan fingerprint density at radius 1 is 1.26 bits per heavy atom. The minimum atomic E-state index is 0.187. The predicted molar refractivity (Wildman–Crippen MR) is 73.7 cm³/mol. The Kier molecular flexibility index (Phi) is 5.86. The number of carbonyl (C=O) groups excluding carboxylic acids is 1. The SMILES string of the molecule is O=C(C1CC=CCC1)N1CCC(OCCCO)CC1. The third kappa shape index (κ3) is 4.32. The lowest BCUT2D eigenvalue weighted by atomic mass is 9.92. The summed E-state index contributed by atoms with van der Waals surface area (Å²) in [5.74, 6) is 0.537. The van der Waals surface area contributed by atoms with Crippen molar-refractivity contribution >= 4 is 5.91 Å². The summed E-state index contributed by atoms with van der Waals surface area (Å²) >= 11 is 0. The summed E-state index contributed by atoms with van der Waals surface area (Å²) in [6.45, 7) is 2.46. The third-order valence-electron chi connectivity index (χ3n) is 4.03. The summed E-state index contributed by atoms with van der Waals surface area (Å²) in [6, 6.07) is 0. The van der Waals surface area contributed by atoms with Crippen LogP contribution in [0.5, 0.6) is 0 Å². The molecule has 1 aliphatic heterocycles. The summed E-state index contributed by atoms with van der Waals surface area (Å²) in [7, 11) is 0. The first-order valence-corrected chi connectivity index (χ1v) is 7.47. The van der Waals surface area contributed by atoms with Crippen LogP contribution in [-0.2, 0) is 9.53 Å². The zero-order valence-corrected chi connectivity index (χ0v) is 11.6. The second kappa shape index (κ2) is 7.65. The molecule has 1 N–H and O–H groups in total. The number of rotatable bonds is 5. The van der Waals surface area contributed by atoms with Crippen molar-refractivity contribution in [2.75, 3.05) is 26.3 Å². The van der Waals surface area contributed by atoms with Gasteiger partial charge in [-0.25, -0.2) is 0 Å². The number of carbonyl (C=O) groups is 1. The summed E-state index contributed by atoms with van der Waals surface area (Å²) in [6.07, 6.45) is 10.1. The van der Waals surface area contributed by atoms with Gasteiger partial charge in [-0.2, -0.15) is 0 Å². The maximum atomic E-state index is 12.3. The monoisotopic (exact) mass is 267 g/mol. The minimum Gasteiger partial charge on any atom is -0.396 e. The van der Waals surface area contributed by atoms with Crippen molar-refractivity contribution in [2.24, 2.45) is 5.92 Å². The molecule has 2 rings (SSSR count). The van der Waals surface area contributed by atoms with Crippen LogP contribution in [-0.4, -0.2) is 48.3 Å². The Hall–Kier alpha value is -0.870. The number of nitrogens with zero attached hydrogens (tertiary/aromatic N) is 1. The summed E-state index contributed by atoms with van der Waals surface area (Å²) in [5.41, 5.74) is 0. The van der Waals surface area contributed by atoms with Gasteiger partial charge in [0, 0.05) is 32.2 Å². The van der Waals surface area contributed by atoms with E-state index in [1.54, 1.807) is 0 Å². The molecule has 4 nitrogen and oxygen atoms in total. The molecule has 0 aromatic heterocycles. The van der Waals surface area contributed by atoms with Gasteiger partial charge >= 0.3 is 0 Å². The Balaban J connectivity index is 1.70. The summed E-state index contributed by atoms with van der Waals surface area (Å²) in [5, 5.41) is 8.72. The minimum absolute atomic E-state index is 0.187. The van der Waals surface area contributed by atoms with Gasteiger partial charge in [0.05, 0.1) is 6.10 Å². The molecule has 1 aliphatic carbocycles. The van der Waals surface area contributed by atoms with E-state index in [0.717, 1.165) is 45.2 Å². The number of amides is 1. The molecule has 1 heterocycles. The lowest BCUT2D eigenvalue weighted by Gasteiger charge is -2.34. The van der Waals surface area contributed by atoms with Crippen molar-refractivity contribution in [1.82, 2.24) is 4.90 Å². The summed E-state index contributed by atoms with van der Waals surface area (Å²) < 4.78 is 5.69. The molecule has 0 saturated carbocycles. The van der Waals surface area contributed by atoms with E-state index in [-0.39, 0.29) is 18.6 Å². The average Bonchev–Trinajstić information content (AvgIpc) is 2.48. The molecule has 1 atom stereocenters. The van der Waals surface area contributed by atoms with Crippen molar-refractivity contribution < 1.29 is 14.6 Å². The smallest absolute Gasteiger partial charge is 0.226 e. The van der Waals surface area contributed by atoms with Gasteiger partial charge in [0.1, 0.15) is 0 Å². The molecule has 0 bridgehead atoms. The van der Waals surface area contributed by atoms with Gasteiger partial charge in [0.15, 0.2) is 0 Å². The zero-order chi connectivity index (χ0) is 13.5. The molecule has 1 amide bonds. The van der Waals surface area contributed by atoms with Crippen LogP contribution in [0.1, 0.15) is 38.5 Å². The molecule has 1 saturated heterocycles. The zero-order valence-electron chi connectivity index (χ0n) is 11.6. The molecule has 1 fully saturated rings. The fourth-order valence-electron chi connectivity index (χ4n) is 2.83. The molecule has 1 unspecified atom stereocenters. The van der Waals surface area contributed by atoms with Crippen molar-refractivity contribution in [3.8, 4) is 0 Å². The van der Waals surface area contributed by atoms with Crippen LogP contribution in [0.4, 0.5) is 0 Å². The largest absolute Gasteiger partial charge is 0.396 e. The van der Waals surface area contributed by atoms with E-state index in [9.17, 15) is 4.79 Å². The topological polar surface area (TPSA) is 49.8 Å². The first-order valence-electron chi connectivity index (χ1n) is 7.47. The molecule has 0 spiro atoms. The number of allylic oxidation sites excluding steroid dienone is 2. The molecule has 0 aromatic rings. The predicted octanol–water partition coefficient (Wildman–Crippen LogP) is 1.73. The van der Waals surface area contributed by atoms with Crippen LogP contribution in [0.25, 0.3) is 0 Å². The lowest BCUT2D eigenvalue weighted by molar-refractivity contribution is -0.138. The van der Waals surface area contributed by atoms with Crippen LogP contribution in [0.3, 0.4) is 0 Å². The highest BCUT2D eigenvalue weighted by Crippen LogP contribution is 2.23. The Labute approximate surface area is 115 Å². The van der Waals surface area contributed by atoms with E-state index in [0.29, 0.717) is 18.9 Å². The van der Waals surface area contributed by atoms with E-state index < -0.39 is 0 Å². The summed E-state index contributed by atoms with van der Waals surface area (Å²) in [4.78, 5) is 14.3. The second-order valence-electron chi connectivity index (χ2n) is 5.45. The third-order valence-corrected chi connectivity index (χ3v) is 4.03. The van der Waals surface area contributed by atoms with Crippen LogP contribution >= 0.6 is 0 Å². The maximum Gasteiger partial charge on any atom is 0.226 e. The fourth-order valence-corrected chi connectivity index (χ4v) is 2.83. The van der Waals surface area contributed by atoms with Crippen molar-refractivity contribution in [3.05, 3.63) is 12.2 Å². The van der Waals surface area contributed by atoms with E-state index in [1.165, 1.54) is 0 Å². The van der Waals surface area contributed by atoms with Crippen molar-refractivity contribution in [1.29, 1.82) is 0 Å². The highest BCUT2D eigenvalue weighted by Gasteiger charge is 2.28. The lowest BCUT2D eigenvalue weighted by Crippen LogP contribution is -2.43. The molecule has 108 valence electrons. The van der Waals surface area contributed by atoms with Gasteiger partial charge in [-0.1, -0.05) is 12.2 Å². The van der Waals surface area contributed by atoms with Gasteiger partial charge in [0.25, 0.3) is 0 Å². The molecule has 0 aromatic carbocycles. The number of likely N-dealkylation sites (tertiary alicyclic amines) is 1. The van der Waals surface area contributed by atoms with Crippen LogP contribution in [0.15, 0.2) is 12.2 Å². The van der Waals surface area contributed by atoms with Crippen molar-refractivity contribution in [2.45, 2.75) is 44.6 Å². The maximum absolute atomic E-state index is 12.3. The van der Waals surface area contributed by atoms with E-state index in [2.05, 4.69) is 12.2 Å². The number of piperidine rings is 1. The van der Waals surface area contributed by atoms with Crippen molar-refractivity contribution in [3.63, 3.8) is 0 Å². The van der Waals surface area contributed by atoms with E-state index >= 15 is 0 Å². The normalized spacial score (nSPS) is 24.7. The van der Waals surface area contributed by atoms with Gasteiger partial charge in [-0.3, -0.25) is 4.79 Å². The standard InChI is InChI=1S/C15H25NO3/c17-11-4-12-19-14-7-9-16(10-8-14)15(18)13-5-2-1-3-6-13/h1-2,13-14,17H,3-12H2. The molecule has 2 aliphatic rings. The Bertz CT molecular complexity index is 309. The number of aliphatic hydroxyl groups excluding tert-OH is 1. The number of hydrogen-bond acceptors (Lipinski definition) is 3. The first-order chi connectivity index (χ1) is 9.31. The van der Waals surface area contributed by atoms with Crippen LogP contribution in [0, 0.1) is 5.92 Å². The first kappa shape index (κ1) is 14.5. The van der Waals surface area contributed by atoms with Gasteiger partial charge in [0.2, 0.25) is 5.91 Å². The Morgan fingerprint density at radius 3 is 2.68 bits per heavy atom. The fraction of sp³-hybridized carbons (Fsp3) is 0.800. The van der Waals surface area contributed by atoms with E-state index in [1.807, 2.05) is 4.90 Å². The second-order valence-corrected chi connectivity index (χ2v) is 5.45. The van der Waals surface area contributed by atoms with Gasteiger partial charge < -0.3 is 14.7 Å². The van der Waals surface area contributed by atoms with E-state index in [4.69, 9.17) is 9.84 Å². The highest BCUT2D eigenvalue weighted by atomic mass is 16.5. The van der Waals surface area contributed by atoms with Gasteiger partial charge in [-0.05, 0) is 38.5 Å². The molecule has 19 heavy (non-hydrogen) atoms. The number of ether oxygens (including phenoxy) is 1. The number of aliphatic hydroxyl groups is 1. The highest BCUT2D eigenvalue weighted by molar-refractivity contribution is 5.79. The quantitative estimate of drug-likeness (QED) is 0.609. The molecular weight excluding hydrogens is 242 g/mol. The average molecular weight is 267 g/mol.